The van der Waals surface area contributed by atoms with Crippen LogP contribution in [0.15, 0.2) is 72.3 Å². The number of pyridine rings is 1. The molecule has 0 bridgehead atoms. The molecule has 1 aromatic heterocycles. The fourth-order valence-corrected chi connectivity index (χ4v) is 3.15. The zero-order valence-electron chi connectivity index (χ0n) is 15.9. The molecule has 1 N–H and O–H groups in total. The first-order valence-electron chi connectivity index (χ1n) is 9.05. The van der Waals surface area contributed by atoms with Crippen molar-refractivity contribution in [3.8, 4) is 0 Å². The predicted octanol–water partition coefficient (Wildman–Crippen LogP) is 2.62. The number of nitrogens with zero attached hydrogens (tertiary/aromatic N) is 3. The molecule has 0 fully saturated rings. The van der Waals surface area contributed by atoms with Crippen molar-refractivity contribution in [2.24, 2.45) is 0 Å². The quantitative estimate of drug-likeness (QED) is 0.751. The van der Waals surface area contributed by atoms with Crippen molar-refractivity contribution < 1.29 is 14.7 Å². The van der Waals surface area contributed by atoms with E-state index in [1.165, 1.54) is 11.0 Å². The molecule has 1 aromatic carbocycles. The molecule has 6 heteroatoms. The zero-order chi connectivity index (χ0) is 20.1. The van der Waals surface area contributed by atoms with Crippen molar-refractivity contribution in [1.29, 1.82) is 0 Å². The lowest BCUT2D eigenvalue weighted by atomic mass is 9.96. The molecule has 1 amide bonds. The number of rotatable bonds is 7. The van der Waals surface area contributed by atoms with Crippen LogP contribution in [-0.4, -0.2) is 58.8 Å². The first kappa shape index (κ1) is 19.5. The number of aliphatic hydroxyl groups excluding tert-OH is 1. The molecule has 2 heterocycles. The maximum atomic E-state index is 12.9. The average Bonchev–Trinajstić information content (AvgIpc) is 2.96. The Kier molecular flexibility index (Phi) is 6.01. The molecule has 0 saturated heterocycles. The van der Waals surface area contributed by atoms with E-state index in [-0.39, 0.29) is 5.57 Å². The van der Waals surface area contributed by atoms with Crippen LogP contribution in [0.5, 0.6) is 0 Å². The van der Waals surface area contributed by atoms with Gasteiger partial charge in [-0.15, -0.1) is 0 Å². The summed E-state index contributed by atoms with van der Waals surface area (Å²) in [6, 6.07) is 12.3. The van der Waals surface area contributed by atoms with Gasteiger partial charge in [-0.3, -0.25) is 14.6 Å². The van der Waals surface area contributed by atoms with Gasteiger partial charge < -0.3 is 14.9 Å². The number of benzene rings is 1. The van der Waals surface area contributed by atoms with E-state index in [4.69, 9.17) is 0 Å². The molecule has 0 spiro atoms. The molecule has 1 atom stereocenters. The molecule has 0 aliphatic carbocycles. The van der Waals surface area contributed by atoms with Crippen LogP contribution < -0.4 is 0 Å². The van der Waals surface area contributed by atoms with Crippen LogP contribution >= 0.6 is 0 Å². The lowest BCUT2D eigenvalue weighted by molar-refractivity contribution is -0.129. The molecule has 6 nitrogen and oxygen atoms in total. The van der Waals surface area contributed by atoms with Crippen molar-refractivity contribution in [3.05, 3.63) is 83.4 Å². The number of ketones is 1. The van der Waals surface area contributed by atoms with Crippen LogP contribution in [0.4, 0.5) is 0 Å². The lowest BCUT2D eigenvalue weighted by Gasteiger charge is -2.27. The number of amides is 1. The number of carbonyl (C=O) groups is 2. The van der Waals surface area contributed by atoms with E-state index in [9.17, 15) is 14.7 Å². The molecule has 0 radical (unpaired) electrons. The second-order valence-electron chi connectivity index (χ2n) is 6.86. The minimum absolute atomic E-state index is 0.0870. The highest BCUT2D eigenvalue weighted by Crippen LogP contribution is 2.37. The highest BCUT2D eigenvalue weighted by Gasteiger charge is 2.42. The largest absolute Gasteiger partial charge is 0.503 e. The van der Waals surface area contributed by atoms with Gasteiger partial charge in [0.2, 0.25) is 0 Å². The summed E-state index contributed by atoms with van der Waals surface area (Å²) in [6.07, 6.45) is 6.32. The maximum absolute atomic E-state index is 12.9. The first-order chi connectivity index (χ1) is 13.5. The second kappa shape index (κ2) is 8.63. The summed E-state index contributed by atoms with van der Waals surface area (Å²) in [6.45, 7) is 0.992. The molecule has 3 rings (SSSR count). The van der Waals surface area contributed by atoms with E-state index in [2.05, 4.69) is 4.98 Å². The Morgan fingerprint density at radius 3 is 2.61 bits per heavy atom. The van der Waals surface area contributed by atoms with Crippen LogP contribution in [0, 0.1) is 0 Å². The summed E-state index contributed by atoms with van der Waals surface area (Å²) in [5, 5.41) is 10.5. The Labute approximate surface area is 164 Å². The van der Waals surface area contributed by atoms with Gasteiger partial charge in [-0.05, 0) is 37.4 Å². The normalized spacial score (nSPS) is 17.2. The Balaban J connectivity index is 1.95. The van der Waals surface area contributed by atoms with Gasteiger partial charge in [0.25, 0.3) is 5.91 Å². The summed E-state index contributed by atoms with van der Waals surface area (Å²) >= 11 is 0. The molecule has 1 aliphatic heterocycles. The summed E-state index contributed by atoms with van der Waals surface area (Å²) in [5.41, 5.74) is 1.64. The Bertz CT molecular complexity index is 905. The minimum Gasteiger partial charge on any atom is -0.503 e. The SMILES string of the molecule is CN(C)CCN1C(=O)C(O)=C(C(=O)/C=C/c2ccccc2)C1c1cccnc1. The highest BCUT2D eigenvalue weighted by atomic mass is 16.3. The second-order valence-corrected chi connectivity index (χ2v) is 6.86. The van der Waals surface area contributed by atoms with Crippen LogP contribution in [0.25, 0.3) is 6.08 Å². The number of carbonyl (C=O) groups excluding carboxylic acids is 2. The van der Waals surface area contributed by atoms with Crippen molar-refractivity contribution in [1.82, 2.24) is 14.8 Å². The number of hydrogen-bond acceptors (Lipinski definition) is 5. The Morgan fingerprint density at radius 2 is 1.96 bits per heavy atom. The average molecular weight is 377 g/mol. The van der Waals surface area contributed by atoms with Gasteiger partial charge in [-0.2, -0.15) is 0 Å². The molecule has 1 unspecified atom stereocenters. The van der Waals surface area contributed by atoms with Crippen LogP contribution in [0.2, 0.25) is 0 Å². The van der Waals surface area contributed by atoms with Gasteiger partial charge in [0.15, 0.2) is 11.5 Å². The summed E-state index contributed by atoms with van der Waals surface area (Å²) in [5.74, 6) is -1.42. The van der Waals surface area contributed by atoms with Gasteiger partial charge in [-0.1, -0.05) is 42.5 Å². The third kappa shape index (κ3) is 4.18. The smallest absolute Gasteiger partial charge is 0.290 e. The summed E-state index contributed by atoms with van der Waals surface area (Å²) in [4.78, 5) is 33.2. The van der Waals surface area contributed by atoms with Gasteiger partial charge >= 0.3 is 0 Å². The van der Waals surface area contributed by atoms with Crippen LogP contribution in [0.3, 0.4) is 0 Å². The van der Waals surface area contributed by atoms with E-state index in [0.717, 1.165) is 5.56 Å². The topological polar surface area (TPSA) is 73.7 Å². The van der Waals surface area contributed by atoms with Gasteiger partial charge in [0.05, 0.1) is 11.6 Å². The van der Waals surface area contributed by atoms with Crippen molar-refractivity contribution >= 4 is 17.8 Å². The monoisotopic (exact) mass is 377 g/mol. The number of likely N-dealkylation sites (N-methyl/N-ethyl adjacent to an activating group) is 1. The molecule has 144 valence electrons. The van der Waals surface area contributed by atoms with E-state index in [0.29, 0.717) is 18.7 Å². The van der Waals surface area contributed by atoms with Gasteiger partial charge in [0, 0.05) is 25.5 Å². The van der Waals surface area contributed by atoms with Gasteiger partial charge in [-0.25, -0.2) is 0 Å². The van der Waals surface area contributed by atoms with E-state index >= 15 is 0 Å². The fourth-order valence-electron chi connectivity index (χ4n) is 3.15. The molecule has 28 heavy (non-hydrogen) atoms. The minimum atomic E-state index is -0.658. The first-order valence-corrected chi connectivity index (χ1v) is 9.05. The summed E-state index contributed by atoms with van der Waals surface area (Å²) in [7, 11) is 3.81. The maximum Gasteiger partial charge on any atom is 0.290 e. The van der Waals surface area contributed by atoms with E-state index in [1.54, 1.807) is 30.6 Å². The predicted molar refractivity (Wildman–Crippen MR) is 107 cm³/mol. The Hall–Kier alpha value is -3.25. The number of aromatic nitrogens is 1. The molecule has 0 saturated carbocycles. The Morgan fingerprint density at radius 1 is 1.21 bits per heavy atom. The molecule has 1 aliphatic rings. The third-order valence-corrected chi connectivity index (χ3v) is 4.58. The van der Waals surface area contributed by atoms with Crippen molar-refractivity contribution in [3.63, 3.8) is 0 Å². The number of hydrogen-bond donors (Lipinski definition) is 1. The zero-order valence-corrected chi connectivity index (χ0v) is 15.9. The standard InChI is InChI=1S/C22H23N3O3/c1-24(2)13-14-25-20(17-9-6-12-23-15-17)19(21(27)22(25)28)18(26)11-10-16-7-4-3-5-8-16/h3-12,15,20,27H,13-14H2,1-2H3/b11-10+. The highest BCUT2D eigenvalue weighted by molar-refractivity contribution is 6.14. The lowest BCUT2D eigenvalue weighted by Crippen LogP contribution is -2.36. The molecular weight excluding hydrogens is 354 g/mol. The van der Waals surface area contributed by atoms with E-state index in [1.807, 2.05) is 49.3 Å². The van der Waals surface area contributed by atoms with E-state index < -0.39 is 23.5 Å². The molecule has 2 aromatic rings. The van der Waals surface area contributed by atoms with Crippen LogP contribution in [0.1, 0.15) is 17.2 Å². The van der Waals surface area contributed by atoms with Crippen molar-refractivity contribution in [2.75, 3.05) is 27.2 Å². The number of aliphatic hydroxyl groups is 1. The molecular formula is C22H23N3O3. The number of allylic oxidation sites excluding steroid dienone is 1. The summed E-state index contributed by atoms with van der Waals surface area (Å²) < 4.78 is 0. The van der Waals surface area contributed by atoms with Gasteiger partial charge in [0.1, 0.15) is 0 Å². The fraction of sp³-hybridized carbons (Fsp3) is 0.227. The van der Waals surface area contributed by atoms with Crippen LogP contribution in [-0.2, 0) is 9.59 Å². The third-order valence-electron chi connectivity index (χ3n) is 4.58. The van der Waals surface area contributed by atoms with Crippen molar-refractivity contribution in [2.45, 2.75) is 6.04 Å².